The number of thioether (sulfide) groups is 1. The minimum Gasteiger partial charge on any atom is -0.481 e. The summed E-state index contributed by atoms with van der Waals surface area (Å²) in [5.41, 5.74) is 10.8. The number of hydrogen-bond acceptors (Lipinski definition) is 10. The maximum absolute atomic E-state index is 13.0. The van der Waals surface area contributed by atoms with E-state index in [0.717, 1.165) is 0 Å². The molecule has 0 aliphatic rings. The van der Waals surface area contributed by atoms with E-state index in [-0.39, 0.29) is 25.7 Å². The Labute approximate surface area is 239 Å². The van der Waals surface area contributed by atoms with Crippen molar-refractivity contribution in [3.05, 3.63) is 0 Å². The highest BCUT2D eigenvalue weighted by atomic mass is 32.2. The monoisotopic (exact) mass is 606 g/mol. The maximum atomic E-state index is 13.0. The summed E-state index contributed by atoms with van der Waals surface area (Å²) < 4.78 is 0. The molecule has 0 saturated heterocycles. The second-order valence-electron chi connectivity index (χ2n) is 9.01. The lowest BCUT2D eigenvalue weighted by atomic mass is 10.1. The molecule has 41 heavy (non-hydrogen) atoms. The fraction of sp³-hybridized carbons (Fsp3) is 0.652. The molecular weight excluding hydrogens is 568 g/mol. The Kier molecular flexibility index (Phi) is 17.4. The summed E-state index contributed by atoms with van der Waals surface area (Å²) in [5, 5.41) is 36.2. The summed E-state index contributed by atoms with van der Waals surface area (Å²) in [6.45, 7) is 1.20. The number of carboxylic acid groups (broad SMARTS) is 3. The summed E-state index contributed by atoms with van der Waals surface area (Å²) in [6, 6.07) is -6.69. The smallest absolute Gasteiger partial charge is 0.326 e. The van der Waals surface area contributed by atoms with Crippen LogP contribution in [-0.4, -0.2) is 105 Å². The lowest BCUT2D eigenvalue weighted by molar-refractivity contribution is -0.143. The van der Waals surface area contributed by atoms with Crippen LogP contribution in [0, 0.1) is 0 Å². The first kappa shape index (κ1) is 37.1. The van der Waals surface area contributed by atoms with Gasteiger partial charge in [0, 0.05) is 19.3 Å². The van der Waals surface area contributed by atoms with Gasteiger partial charge >= 0.3 is 17.9 Å². The summed E-state index contributed by atoms with van der Waals surface area (Å²) in [4.78, 5) is 95.0. The van der Waals surface area contributed by atoms with Gasteiger partial charge in [0.2, 0.25) is 29.5 Å². The minimum absolute atomic E-state index is 0.0688. The number of carbonyl (C=O) groups is 8. The predicted octanol–water partition coefficient (Wildman–Crippen LogP) is -2.89. The summed E-state index contributed by atoms with van der Waals surface area (Å²) >= 11 is 1.36. The van der Waals surface area contributed by atoms with Gasteiger partial charge in [0.1, 0.15) is 24.2 Å². The number of hydrogen-bond donors (Lipinski definition) is 9. The Morgan fingerprint density at radius 1 is 0.659 bits per heavy atom. The van der Waals surface area contributed by atoms with E-state index in [1.54, 1.807) is 6.26 Å². The second kappa shape index (κ2) is 19.2. The number of nitrogens with two attached hydrogens (primary N) is 2. The maximum Gasteiger partial charge on any atom is 0.326 e. The van der Waals surface area contributed by atoms with Crippen molar-refractivity contribution >= 4 is 59.2 Å². The zero-order valence-electron chi connectivity index (χ0n) is 22.7. The van der Waals surface area contributed by atoms with Crippen LogP contribution in [0.5, 0.6) is 0 Å². The molecule has 0 radical (unpaired) electrons. The fourth-order valence-electron chi connectivity index (χ4n) is 3.22. The van der Waals surface area contributed by atoms with Gasteiger partial charge in [0.15, 0.2) is 0 Å². The normalized spacial score (nSPS) is 14.3. The van der Waals surface area contributed by atoms with Crippen molar-refractivity contribution in [2.24, 2.45) is 11.5 Å². The van der Waals surface area contributed by atoms with Crippen LogP contribution in [0.15, 0.2) is 0 Å². The SMILES string of the molecule is CSCCC(NC(=O)C(N)CCC(N)=O)C(=O)NC(CCC(=O)O)C(=O)NC(C)C(=O)NC(CCC(=O)O)C(=O)O. The van der Waals surface area contributed by atoms with Crippen LogP contribution < -0.4 is 32.7 Å². The predicted molar refractivity (Wildman–Crippen MR) is 144 cm³/mol. The number of nitrogens with one attached hydrogen (secondary N) is 4. The molecule has 0 heterocycles. The molecular formula is C23H38N6O11S. The van der Waals surface area contributed by atoms with E-state index in [1.165, 1.54) is 18.7 Å². The third-order valence-corrected chi connectivity index (χ3v) is 6.22. The van der Waals surface area contributed by atoms with Gasteiger partial charge in [0.25, 0.3) is 0 Å². The Hall–Kier alpha value is -3.93. The van der Waals surface area contributed by atoms with Crippen molar-refractivity contribution in [2.75, 3.05) is 12.0 Å². The lowest BCUT2D eigenvalue weighted by Crippen LogP contribution is -2.58. The Morgan fingerprint density at radius 2 is 1.12 bits per heavy atom. The van der Waals surface area contributed by atoms with E-state index in [0.29, 0.717) is 5.75 Å². The molecule has 5 amide bonds. The molecule has 0 rings (SSSR count). The van der Waals surface area contributed by atoms with E-state index < -0.39 is 96.9 Å². The molecule has 17 nitrogen and oxygen atoms in total. The van der Waals surface area contributed by atoms with Crippen LogP contribution in [0.2, 0.25) is 0 Å². The van der Waals surface area contributed by atoms with Crippen LogP contribution in [-0.2, 0) is 38.4 Å². The molecule has 0 aliphatic heterocycles. The number of amides is 5. The van der Waals surface area contributed by atoms with Gasteiger partial charge in [0.05, 0.1) is 6.04 Å². The van der Waals surface area contributed by atoms with Gasteiger partial charge in [-0.05, 0) is 44.6 Å². The molecule has 0 aromatic rings. The number of carboxylic acids is 3. The van der Waals surface area contributed by atoms with E-state index in [4.69, 9.17) is 21.7 Å². The van der Waals surface area contributed by atoms with E-state index in [9.17, 15) is 43.5 Å². The first-order valence-electron chi connectivity index (χ1n) is 12.5. The summed E-state index contributed by atoms with van der Waals surface area (Å²) in [6.07, 6.45) is -0.252. The first-order valence-corrected chi connectivity index (χ1v) is 13.9. The molecule has 11 N–H and O–H groups in total. The number of rotatable bonds is 21. The highest BCUT2D eigenvalue weighted by Gasteiger charge is 2.30. The van der Waals surface area contributed by atoms with Crippen LogP contribution in [0.3, 0.4) is 0 Å². The first-order chi connectivity index (χ1) is 19.1. The zero-order chi connectivity index (χ0) is 31.7. The lowest BCUT2D eigenvalue weighted by Gasteiger charge is -2.25. The van der Waals surface area contributed by atoms with Crippen molar-refractivity contribution in [1.82, 2.24) is 21.3 Å². The molecule has 5 atom stereocenters. The van der Waals surface area contributed by atoms with E-state index in [2.05, 4.69) is 21.3 Å². The van der Waals surface area contributed by atoms with Crippen molar-refractivity contribution in [3.8, 4) is 0 Å². The standard InChI is InChI=1S/C23H38N6O11S/c1-11(19(35)29-15(23(39)40)5-8-18(33)34)26-21(37)13(4-7-17(31)32)28-22(38)14(9-10-41-2)27-20(36)12(24)3-6-16(25)30/h11-15H,3-10,24H2,1-2H3,(H2,25,30)(H,26,37)(H,27,36)(H,28,38)(H,29,35)(H,31,32)(H,33,34)(H,39,40). The van der Waals surface area contributed by atoms with Crippen LogP contribution >= 0.6 is 11.8 Å². The molecule has 0 aromatic carbocycles. The third kappa shape index (κ3) is 16.1. The van der Waals surface area contributed by atoms with Crippen molar-refractivity contribution < 1.29 is 53.7 Å². The van der Waals surface area contributed by atoms with E-state index >= 15 is 0 Å². The summed E-state index contributed by atoms with van der Waals surface area (Å²) in [7, 11) is 0. The highest BCUT2D eigenvalue weighted by Crippen LogP contribution is 2.06. The minimum atomic E-state index is -1.55. The zero-order valence-corrected chi connectivity index (χ0v) is 23.5. The van der Waals surface area contributed by atoms with Gasteiger partial charge in [-0.2, -0.15) is 11.8 Å². The van der Waals surface area contributed by atoms with Crippen LogP contribution in [0.4, 0.5) is 0 Å². The Balaban J connectivity index is 5.55. The van der Waals surface area contributed by atoms with Crippen LogP contribution in [0.25, 0.3) is 0 Å². The van der Waals surface area contributed by atoms with Gasteiger partial charge < -0.3 is 48.1 Å². The molecule has 5 unspecified atom stereocenters. The van der Waals surface area contributed by atoms with Gasteiger partial charge in [-0.25, -0.2) is 4.79 Å². The van der Waals surface area contributed by atoms with Gasteiger partial charge in [-0.15, -0.1) is 0 Å². The van der Waals surface area contributed by atoms with Gasteiger partial charge in [-0.3, -0.25) is 33.6 Å². The van der Waals surface area contributed by atoms with E-state index in [1.807, 2.05) is 0 Å². The average molecular weight is 607 g/mol. The largest absolute Gasteiger partial charge is 0.481 e. The summed E-state index contributed by atoms with van der Waals surface area (Å²) in [5.74, 6) is -7.82. The van der Waals surface area contributed by atoms with Crippen LogP contribution in [0.1, 0.15) is 51.9 Å². The quantitative estimate of drug-likeness (QED) is 0.0634. The molecule has 0 saturated carbocycles. The average Bonchev–Trinajstić information content (AvgIpc) is 2.88. The topological polar surface area (TPSA) is 297 Å². The Bertz CT molecular complexity index is 980. The molecule has 18 heteroatoms. The molecule has 0 bridgehead atoms. The number of carbonyl (C=O) groups excluding carboxylic acids is 5. The number of primary amides is 1. The van der Waals surface area contributed by atoms with Crippen molar-refractivity contribution in [1.29, 1.82) is 0 Å². The molecule has 0 spiro atoms. The Morgan fingerprint density at radius 3 is 1.61 bits per heavy atom. The third-order valence-electron chi connectivity index (χ3n) is 5.58. The fourth-order valence-corrected chi connectivity index (χ4v) is 3.69. The van der Waals surface area contributed by atoms with Gasteiger partial charge in [-0.1, -0.05) is 0 Å². The molecule has 0 aromatic heterocycles. The van der Waals surface area contributed by atoms with Crippen molar-refractivity contribution in [3.63, 3.8) is 0 Å². The molecule has 0 aliphatic carbocycles. The number of aliphatic carboxylic acids is 3. The van der Waals surface area contributed by atoms with Crippen molar-refractivity contribution in [2.45, 2.75) is 82.1 Å². The molecule has 232 valence electrons. The second-order valence-corrected chi connectivity index (χ2v) is 10.00. The highest BCUT2D eigenvalue weighted by molar-refractivity contribution is 7.98. The molecule has 0 fully saturated rings.